The van der Waals surface area contributed by atoms with Gasteiger partial charge < -0.3 is 9.64 Å². The van der Waals surface area contributed by atoms with Crippen LogP contribution in [0.5, 0.6) is 5.75 Å². The molecule has 1 aromatic heterocycles. The normalized spacial score (nSPS) is 18.2. The number of para-hydroxylation sites is 1. The molecule has 0 N–H and O–H groups in total. The summed E-state index contributed by atoms with van der Waals surface area (Å²) in [5, 5.41) is 4.66. The summed E-state index contributed by atoms with van der Waals surface area (Å²) in [7, 11) is 0. The van der Waals surface area contributed by atoms with Crippen molar-refractivity contribution in [3.63, 3.8) is 0 Å². The highest BCUT2D eigenvalue weighted by Crippen LogP contribution is 2.39. The molecule has 6 heteroatoms. The Kier molecular flexibility index (Phi) is 4.99. The molecule has 0 spiro atoms. The topological polar surface area (TPSA) is 60.2 Å². The van der Waals surface area contributed by atoms with Gasteiger partial charge in [-0.2, -0.15) is 5.10 Å². The van der Waals surface area contributed by atoms with Crippen LogP contribution in [0.25, 0.3) is 0 Å². The van der Waals surface area contributed by atoms with Gasteiger partial charge in [-0.15, -0.1) is 0 Å². The molecule has 2 aliphatic rings. The molecule has 0 bridgehead atoms. The smallest absolute Gasteiger partial charge is 0.227 e. The molecule has 1 aliphatic heterocycles. The number of carbonyl (C=O) groups excluding carboxylic acids is 1. The summed E-state index contributed by atoms with van der Waals surface area (Å²) in [4.78, 5) is 19.9. The first-order valence-corrected chi connectivity index (χ1v) is 10.7. The van der Waals surface area contributed by atoms with E-state index in [0.717, 1.165) is 28.5 Å². The third-order valence-corrected chi connectivity index (χ3v) is 5.92. The van der Waals surface area contributed by atoms with Crippen molar-refractivity contribution in [2.24, 2.45) is 0 Å². The summed E-state index contributed by atoms with van der Waals surface area (Å²) in [5.41, 5.74) is 2.02. The predicted octanol–water partition coefficient (Wildman–Crippen LogP) is 3.88. The van der Waals surface area contributed by atoms with Crippen molar-refractivity contribution >= 4 is 5.91 Å². The summed E-state index contributed by atoms with van der Waals surface area (Å²) in [6.45, 7) is 3.90. The van der Waals surface area contributed by atoms with E-state index in [1.165, 1.54) is 12.8 Å². The van der Waals surface area contributed by atoms with Crippen LogP contribution in [0.1, 0.15) is 54.5 Å². The molecule has 0 saturated heterocycles. The Hall–Kier alpha value is -3.15. The highest BCUT2D eigenvalue weighted by Gasteiger charge is 2.34. The minimum atomic E-state index is -0.0661. The van der Waals surface area contributed by atoms with Gasteiger partial charge in [0, 0.05) is 18.0 Å². The van der Waals surface area contributed by atoms with Crippen LogP contribution in [0.15, 0.2) is 54.6 Å². The van der Waals surface area contributed by atoms with Crippen LogP contribution in [0, 0.1) is 0 Å². The highest BCUT2D eigenvalue weighted by atomic mass is 16.5. The van der Waals surface area contributed by atoms with Crippen molar-refractivity contribution < 1.29 is 9.53 Å². The molecule has 154 valence electrons. The Morgan fingerprint density at radius 2 is 1.83 bits per heavy atom. The van der Waals surface area contributed by atoms with Crippen LogP contribution in [0.3, 0.4) is 0 Å². The second kappa shape index (κ2) is 7.94. The molecule has 0 radical (unpaired) electrons. The van der Waals surface area contributed by atoms with E-state index in [-0.39, 0.29) is 11.9 Å². The van der Waals surface area contributed by atoms with Crippen molar-refractivity contribution in [3.8, 4) is 5.75 Å². The quantitative estimate of drug-likeness (QED) is 0.628. The molecule has 6 nitrogen and oxygen atoms in total. The molecule has 5 rings (SSSR count). The summed E-state index contributed by atoms with van der Waals surface area (Å²) < 4.78 is 8.02. The molecule has 1 saturated carbocycles. The molecule has 2 heterocycles. The first-order valence-electron chi connectivity index (χ1n) is 10.7. The van der Waals surface area contributed by atoms with Gasteiger partial charge in [0.05, 0.1) is 19.0 Å². The molecular weight excluding hydrogens is 376 g/mol. The van der Waals surface area contributed by atoms with Gasteiger partial charge in [-0.1, -0.05) is 48.5 Å². The number of carbonyl (C=O) groups is 1. The number of hydrogen-bond donors (Lipinski definition) is 0. The van der Waals surface area contributed by atoms with E-state index in [9.17, 15) is 4.79 Å². The zero-order chi connectivity index (χ0) is 20.5. The Bertz CT molecular complexity index is 1040. The number of amides is 1. The number of hydrogen-bond acceptors (Lipinski definition) is 4. The molecule has 1 fully saturated rings. The van der Waals surface area contributed by atoms with Gasteiger partial charge in [0.2, 0.25) is 5.91 Å². The maximum Gasteiger partial charge on any atom is 0.227 e. The monoisotopic (exact) mass is 402 g/mol. The van der Waals surface area contributed by atoms with E-state index in [2.05, 4.69) is 5.10 Å². The van der Waals surface area contributed by atoms with Gasteiger partial charge in [-0.25, -0.2) is 9.67 Å². The maximum absolute atomic E-state index is 13.2. The van der Waals surface area contributed by atoms with E-state index >= 15 is 0 Å². The second-order valence-electron chi connectivity index (χ2n) is 8.15. The van der Waals surface area contributed by atoms with Gasteiger partial charge in [-0.05, 0) is 31.4 Å². The fraction of sp³-hybridized carbons (Fsp3) is 0.375. The van der Waals surface area contributed by atoms with Gasteiger partial charge in [0.15, 0.2) is 5.82 Å². The summed E-state index contributed by atoms with van der Waals surface area (Å²) >= 11 is 0. The van der Waals surface area contributed by atoms with Crippen LogP contribution < -0.4 is 4.74 Å². The van der Waals surface area contributed by atoms with Crippen LogP contribution in [-0.2, 0) is 24.4 Å². The lowest BCUT2D eigenvalue weighted by molar-refractivity contribution is -0.133. The number of aromatic nitrogens is 3. The largest absolute Gasteiger partial charge is 0.489 e. The number of rotatable bonds is 6. The lowest BCUT2D eigenvalue weighted by atomic mass is 10.1. The van der Waals surface area contributed by atoms with E-state index in [1.807, 2.05) is 71.1 Å². The molecule has 3 aromatic rings. The van der Waals surface area contributed by atoms with Gasteiger partial charge >= 0.3 is 0 Å². The molecular formula is C24H26N4O2. The average molecular weight is 402 g/mol. The minimum Gasteiger partial charge on any atom is -0.489 e. The van der Waals surface area contributed by atoms with Gasteiger partial charge in [-0.3, -0.25) is 4.79 Å². The van der Waals surface area contributed by atoms with Crippen LogP contribution in [0.2, 0.25) is 0 Å². The van der Waals surface area contributed by atoms with Crippen LogP contribution in [-0.4, -0.2) is 32.1 Å². The van der Waals surface area contributed by atoms with Crippen molar-refractivity contribution in [1.29, 1.82) is 0 Å². The van der Waals surface area contributed by atoms with Crippen molar-refractivity contribution in [2.45, 2.75) is 51.3 Å². The first-order chi connectivity index (χ1) is 14.7. The number of ether oxygens (including phenoxy) is 1. The number of fused-ring (bicyclic) bond motifs is 1. The summed E-state index contributed by atoms with van der Waals surface area (Å²) in [5.74, 6) is 3.24. The van der Waals surface area contributed by atoms with Crippen molar-refractivity contribution in [3.05, 3.63) is 77.4 Å². The lowest BCUT2D eigenvalue weighted by Gasteiger charge is -2.33. The molecule has 1 aliphatic carbocycles. The fourth-order valence-corrected chi connectivity index (χ4v) is 4.03. The Morgan fingerprint density at radius 3 is 2.63 bits per heavy atom. The third-order valence-electron chi connectivity index (χ3n) is 5.92. The van der Waals surface area contributed by atoms with E-state index in [0.29, 0.717) is 32.0 Å². The SMILES string of the molecule is C[C@@H]1c2nc(C3CC3)nn2CCN1C(=O)Cc1ccccc1OCc1ccccc1. The fourth-order valence-electron chi connectivity index (χ4n) is 4.03. The predicted molar refractivity (Wildman–Crippen MR) is 113 cm³/mol. The third kappa shape index (κ3) is 3.82. The summed E-state index contributed by atoms with van der Waals surface area (Å²) in [6.07, 6.45) is 2.68. The van der Waals surface area contributed by atoms with Crippen molar-refractivity contribution in [1.82, 2.24) is 19.7 Å². The highest BCUT2D eigenvalue weighted by molar-refractivity contribution is 5.80. The Labute approximate surface area is 176 Å². The first kappa shape index (κ1) is 18.9. The van der Waals surface area contributed by atoms with Gasteiger partial charge in [0.1, 0.15) is 18.2 Å². The molecule has 1 amide bonds. The minimum absolute atomic E-state index is 0.0661. The second-order valence-corrected chi connectivity index (χ2v) is 8.15. The summed E-state index contributed by atoms with van der Waals surface area (Å²) in [6, 6.07) is 17.8. The number of nitrogens with zero attached hydrogens (tertiary/aromatic N) is 4. The van der Waals surface area contributed by atoms with Crippen molar-refractivity contribution in [2.75, 3.05) is 6.54 Å². The molecule has 30 heavy (non-hydrogen) atoms. The van der Waals surface area contributed by atoms with Gasteiger partial charge in [0.25, 0.3) is 0 Å². The van der Waals surface area contributed by atoms with E-state index in [1.54, 1.807) is 0 Å². The molecule has 1 atom stereocenters. The van der Waals surface area contributed by atoms with E-state index < -0.39 is 0 Å². The maximum atomic E-state index is 13.2. The molecule has 2 aromatic carbocycles. The van der Waals surface area contributed by atoms with Crippen LogP contribution >= 0.6 is 0 Å². The van der Waals surface area contributed by atoms with E-state index in [4.69, 9.17) is 9.72 Å². The zero-order valence-corrected chi connectivity index (χ0v) is 17.2. The standard InChI is InChI=1S/C24H26N4O2/c1-17-24-25-23(19-11-12-19)26-28(24)14-13-27(17)22(29)15-20-9-5-6-10-21(20)30-16-18-7-3-2-4-8-18/h2-10,17,19H,11-16H2,1H3/t17-/m1/s1. The number of benzene rings is 2. The molecule has 0 unspecified atom stereocenters. The Morgan fingerprint density at radius 1 is 1.07 bits per heavy atom. The average Bonchev–Trinajstić information content (AvgIpc) is 3.53. The van der Waals surface area contributed by atoms with Crippen LogP contribution in [0.4, 0.5) is 0 Å². The zero-order valence-electron chi connectivity index (χ0n) is 17.2. The Balaban J connectivity index is 1.28. The lowest BCUT2D eigenvalue weighted by Crippen LogP contribution is -2.42.